The van der Waals surface area contributed by atoms with Crippen LogP contribution >= 0.6 is 12.2 Å². The van der Waals surface area contributed by atoms with E-state index in [-0.39, 0.29) is 0 Å². The zero-order valence-electron chi connectivity index (χ0n) is 5.50. The molecule has 0 saturated carbocycles. The van der Waals surface area contributed by atoms with Gasteiger partial charge in [-0.2, -0.15) is 0 Å². The van der Waals surface area contributed by atoms with E-state index >= 15 is 0 Å². The molecule has 0 atom stereocenters. The fraction of sp³-hybridized carbons (Fsp3) is 0.143. The molecule has 2 nitrogen and oxygen atoms in total. The van der Waals surface area contributed by atoms with E-state index in [2.05, 4.69) is 22.6 Å². The highest BCUT2D eigenvalue weighted by Crippen LogP contribution is 2.04. The monoisotopic (exact) mass is 152 g/mol. The van der Waals surface area contributed by atoms with E-state index in [1.165, 1.54) is 0 Å². The van der Waals surface area contributed by atoms with Crippen molar-refractivity contribution in [1.82, 2.24) is 4.98 Å². The van der Waals surface area contributed by atoms with Gasteiger partial charge in [-0.3, -0.25) is 0 Å². The first kappa shape index (κ1) is 7.15. The third-order valence-corrected chi connectivity index (χ3v) is 1.30. The van der Waals surface area contributed by atoms with E-state index in [0.717, 1.165) is 5.56 Å². The number of hydrogen-bond donors (Lipinski definition) is 0. The van der Waals surface area contributed by atoms with Crippen molar-refractivity contribution in [2.75, 3.05) is 7.11 Å². The molecular formula is C7H6NOS. The number of nitrogens with zero attached hydrogens (tertiary/aromatic N) is 1. The molecule has 0 aliphatic rings. The maximum Gasteiger partial charge on any atom is 0.212 e. The summed E-state index contributed by atoms with van der Waals surface area (Å²) in [6, 6.07) is 3.55. The number of methoxy groups -OCH3 is 1. The Hall–Kier alpha value is -0.960. The molecule has 10 heavy (non-hydrogen) atoms. The molecule has 1 radical (unpaired) electrons. The molecule has 0 fully saturated rings. The van der Waals surface area contributed by atoms with Gasteiger partial charge in [0.05, 0.1) is 12.5 Å². The van der Waals surface area contributed by atoms with E-state index in [4.69, 9.17) is 4.74 Å². The summed E-state index contributed by atoms with van der Waals surface area (Å²) >= 11 is 4.57. The topological polar surface area (TPSA) is 22.1 Å². The average Bonchev–Trinajstić information content (AvgIpc) is 2.05. The van der Waals surface area contributed by atoms with Crippen molar-refractivity contribution < 1.29 is 4.74 Å². The molecule has 1 rings (SSSR count). The minimum atomic E-state index is 0.592. The van der Waals surface area contributed by atoms with Gasteiger partial charge in [-0.1, -0.05) is 12.2 Å². The Morgan fingerprint density at radius 3 is 2.80 bits per heavy atom. The zero-order valence-corrected chi connectivity index (χ0v) is 6.31. The maximum atomic E-state index is 4.84. The lowest BCUT2D eigenvalue weighted by Crippen LogP contribution is -1.87. The normalized spacial score (nSPS) is 8.90. The number of thiocarbonyl (C=S) groups is 1. The molecular weight excluding hydrogens is 146 g/mol. The van der Waals surface area contributed by atoms with Crippen molar-refractivity contribution in [3.05, 3.63) is 23.9 Å². The Balaban J connectivity index is 2.90. The number of ether oxygens (including phenoxy) is 1. The van der Waals surface area contributed by atoms with Gasteiger partial charge in [-0.05, 0) is 6.07 Å². The first-order valence-corrected chi connectivity index (χ1v) is 3.16. The van der Waals surface area contributed by atoms with Crippen molar-refractivity contribution in [3.8, 4) is 5.88 Å². The summed E-state index contributed by atoms with van der Waals surface area (Å²) in [4.78, 5) is 3.92. The third kappa shape index (κ3) is 1.51. The van der Waals surface area contributed by atoms with Gasteiger partial charge in [0.2, 0.25) is 5.88 Å². The van der Waals surface area contributed by atoms with Gasteiger partial charge in [-0.25, -0.2) is 4.98 Å². The van der Waals surface area contributed by atoms with Crippen molar-refractivity contribution in [1.29, 1.82) is 0 Å². The Morgan fingerprint density at radius 2 is 2.40 bits per heavy atom. The fourth-order valence-electron chi connectivity index (χ4n) is 0.561. The predicted molar refractivity (Wildman–Crippen MR) is 42.5 cm³/mol. The molecule has 0 N–H and O–H groups in total. The van der Waals surface area contributed by atoms with Gasteiger partial charge < -0.3 is 4.74 Å². The van der Waals surface area contributed by atoms with Crippen LogP contribution < -0.4 is 4.74 Å². The van der Waals surface area contributed by atoms with Crippen LogP contribution in [0.15, 0.2) is 18.3 Å². The molecule has 0 bridgehead atoms. The van der Waals surface area contributed by atoms with Crippen LogP contribution in [0.25, 0.3) is 0 Å². The molecule has 0 unspecified atom stereocenters. The maximum absolute atomic E-state index is 4.84. The van der Waals surface area contributed by atoms with E-state index in [1.54, 1.807) is 25.4 Å². The van der Waals surface area contributed by atoms with E-state index in [9.17, 15) is 0 Å². The number of pyridine rings is 1. The lowest BCUT2D eigenvalue weighted by atomic mass is 10.3. The fourth-order valence-corrected chi connectivity index (χ4v) is 0.682. The summed E-state index contributed by atoms with van der Waals surface area (Å²) in [6.45, 7) is 0. The van der Waals surface area contributed by atoms with Gasteiger partial charge in [0.1, 0.15) is 0 Å². The van der Waals surface area contributed by atoms with Crippen LogP contribution in [-0.2, 0) is 0 Å². The third-order valence-electron chi connectivity index (χ3n) is 1.06. The predicted octanol–water partition coefficient (Wildman–Crippen LogP) is 1.31. The number of hydrogen-bond acceptors (Lipinski definition) is 3. The Labute approximate surface area is 64.9 Å². The molecule has 1 heterocycles. The smallest absolute Gasteiger partial charge is 0.212 e. The molecule has 0 aliphatic carbocycles. The van der Waals surface area contributed by atoms with Gasteiger partial charge >= 0.3 is 0 Å². The molecule has 0 spiro atoms. The first-order valence-electron chi connectivity index (χ1n) is 2.75. The van der Waals surface area contributed by atoms with Gasteiger partial charge in [0.15, 0.2) is 0 Å². The second kappa shape index (κ2) is 3.27. The lowest BCUT2D eigenvalue weighted by Gasteiger charge is -1.95. The summed E-state index contributed by atoms with van der Waals surface area (Å²) < 4.78 is 4.84. The highest BCUT2D eigenvalue weighted by molar-refractivity contribution is 7.79. The average molecular weight is 152 g/mol. The standard InChI is InChI=1S/C7H6NOS/c1-9-7-3-2-6(5-10)4-8-7/h2-4H,1H3. The van der Waals surface area contributed by atoms with Crippen LogP contribution in [0.3, 0.4) is 0 Å². The summed E-state index contributed by atoms with van der Waals surface area (Å²) in [5.74, 6) is 0.592. The second-order valence-corrected chi connectivity index (χ2v) is 1.90. The quantitative estimate of drug-likeness (QED) is 0.596. The second-order valence-electron chi connectivity index (χ2n) is 1.69. The van der Waals surface area contributed by atoms with Crippen LogP contribution in [0, 0.1) is 0 Å². The summed E-state index contributed by atoms with van der Waals surface area (Å²) in [6.07, 6.45) is 1.62. The van der Waals surface area contributed by atoms with Gasteiger partial charge in [-0.15, -0.1) is 0 Å². The lowest BCUT2D eigenvalue weighted by molar-refractivity contribution is 0.398. The number of aromatic nitrogens is 1. The van der Waals surface area contributed by atoms with Crippen LogP contribution in [0.4, 0.5) is 0 Å². The molecule has 0 aromatic carbocycles. The van der Waals surface area contributed by atoms with Crippen LogP contribution in [0.2, 0.25) is 0 Å². The van der Waals surface area contributed by atoms with Crippen molar-refractivity contribution >= 4 is 17.6 Å². The largest absolute Gasteiger partial charge is 0.481 e. The van der Waals surface area contributed by atoms with E-state index in [1.807, 2.05) is 0 Å². The van der Waals surface area contributed by atoms with Crippen molar-refractivity contribution in [2.45, 2.75) is 0 Å². The van der Waals surface area contributed by atoms with Gasteiger partial charge in [0.25, 0.3) is 0 Å². The molecule has 0 saturated heterocycles. The van der Waals surface area contributed by atoms with Crippen LogP contribution in [-0.4, -0.2) is 17.5 Å². The summed E-state index contributed by atoms with van der Waals surface area (Å²) in [7, 11) is 1.57. The SMILES string of the molecule is COc1ccc([C]=S)cn1. The molecule has 1 aromatic heterocycles. The molecule has 1 aromatic rings. The van der Waals surface area contributed by atoms with Gasteiger partial charge in [0, 0.05) is 17.8 Å². The Morgan fingerprint density at radius 1 is 1.60 bits per heavy atom. The zero-order chi connectivity index (χ0) is 7.40. The van der Waals surface area contributed by atoms with Crippen molar-refractivity contribution in [2.24, 2.45) is 0 Å². The summed E-state index contributed by atoms with van der Waals surface area (Å²) in [5, 5.41) is 2.54. The van der Waals surface area contributed by atoms with Crippen LogP contribution in [0.5, 0.6) is 5.88 Å². The summed E-state index contributed by atoms with van der Waals surface area (Å²) in [5.41, 5.74) is 0.802. The van der Waals surface area contributed by atoms with E-state index in [0.29, 0.717) is 5.88 Å². The molecule has 51 valence electrons. The Kier molecular flexibility index (Phi) is 2.34. The highest BCUT2D eigenvalue weighted by atomic mass is 32.1. The molecule has 0 amide bonds. The minimum absolute atomic E-state index is 0.592. The highest BCUT2D eigenvalue weighted by Gasteiger charge is 1.90. The molecule has 0 aliphatic heterocycles. The number of rotatable bonds is 2. The van der Waals surface area contributed by atoms with Crippen molar-refractivity contribution in [3.63, 3.8) is 0 Å². The Bertz CT molecular complexity index is 220. The van der Waals surface area contributed by atoms with E-state index < -0.39 is 0 Å². The molecule has 3 heteroatoms. The minimum Gasteiger partial charge on any atom is -0.481 e. The van der Waals surface area contributed by atoms with Crippen LogP contribution in [0.1, 0.15) is 5.56 Å². The first-order chi connectivity index (χ1) is 4.86.